The van der Waals surface area contributed by atoms with Crippen LogP contribution >= 0.6 is 0 Å². The molecule has 0 aromatic heterocycles. The van der Waals surface area contributed by atoms with Crippen LogP contribution in [0.4, 0.5) is 4.39 Å². The van der Waals surface area contributed by atoms with Crippen molar-refractivity contribution in [2.24, 2.45) is 4.99 Å². The predicted molar refractivity (Wildman–Crippen MR) is 105 cm³/mol. The fourth-order valence-corrected chi connectivity index (χ4v) is 3.36. The Morgan fingerprint density at radius 1 is 1.07 bits per heavy atom. The number of hydrogen-bond donors (Lipinski definition) is 2. The van der Waals surface area contributed by atoms with Gasteiger partial charge in [0.25, 0.3) is 0 Å². The molecule has 2 aromatic carbocycles. The van der Waals surface area contributed by atoms with Gasteiger partial charge in [0.05, 0.1) is 12.9 Å². The number of methoxy groups -OCH3 is 1. The molecule has 2 aromatic rings. The van der Waals surface area contributed by atoms with Crippen LogP contribution in [-0.2, 0) is 28.7 Å². The molecule has 0 unspecified atom stereocenters. The van der Waals surface area contributed by atoms with Gasteiger partial charge in [0.2, 0.25) is 0 Å². The van der Waals surface area contributed by atoms with E-state index >= 15 is 0 Å². The lowest BCUT2D eigenvalue weighted by Gasteiger charge is -2.14. The minimum atomic E-state index is -3.22. The summed E-state index contributed by atoms with van der Waals surface area (Å²) in [5, 5.41) is 6.25. The summed E-state index contributed by atoms with van der Waals surface area (Å²) in [6.07, 6.45) is 1.16. The first kappa shape index (κ1) is 20.7. The van der Waals surface area contributed by atoms with E-state index in [0.29, 0.717) is 23.6 Å². The van der Waals surface area contributed by atoms with Crippen LogP contribution in [-0.4, -0.2) is 34.8 Å². The number of hydrogen-bond acceptors (Lipinski definition) is 4. The molecule has 0 fully saturated rings. The van der Waals surface area contributed by atoms with Gasteiger partial charge in [0.1, 0.15) is 11.6 Å². The number of rotatable bonds is 7. The molecule has 2 rings (SSSR count). The highest BCUT2D eigenvalue weighted by Crippen LogP contribution is 2.14. The van der Waals surface area contributed by atoms with Gasteiger partial charge in [0, 0.05) is 26.4 Å². The summed E-state index contributed by atoms with van der Waals surface area (Å²) in [5.74, 6) is 0.763. The first-order valence-corrected chi connectivity index (χ1v) is 10.4. The maximum absolute atomic E-state index is 13.6. The third kappa shape index (κ3) is 6.90. The predicted octanol–water partition coefficient (Wildman–Crippen LogP) is 2.24. The third-order valence-electron chi connectivity index (χ3n) is 3.87. The molecular formula is C19H24FN3O3S. The van der Waals surface area contributed by atoms with Crippen LogP contribution in [0.25, 0.3) is 0 Å². The quantitative estimate of drug-likeness (QED) is 0.557. The van der Waals surface area contributed by atoms with Crippen LogP contribution in [0.3, 0.4) is 0 Å². The minimum absolute atomic E-state index is 0.137. The molecule has 0 spiro atoms. The van der Waals surface area contributed by atoms with E-state index in [4.69, 9.17) is 4.74 Å². The Labute approximate surface area is 159 Å². The molecule has 0 atom stereocenters. The van der Waals surface area contributed by atoms with E-state index < -0.39 is 15.7 Å². The van der Waals surface area contributed by atoms with Crippen molar-refractivity contribution in [2.45, 2.75) is 18.8 Å². The monoisotopic (exact) mass is 393 g/mol. The van der Waals surface area contributed by atoms with Crippen molar-refractivity contribution in [1.29, 1.82) is 0 Å². The first-order valence-electron chi connectivity index (χ1n) is 8.33. The standard InChI is InChI=1S/C19H24FN3O3S/c1-21-19(22-11-14-4-8-18(26-2)9-5-14)23-12-16-10-17(20)7-6-15(16)13-27(3,24)25/h4-10H,11-13H2,1-3H3,(H2,21,22,23). The smallest absolute Gasteiger partial charge is 0.191 e. The summed E-state index contributed by atoms with van der Waals surface area (Å²) in [6.45, 7) is 0.800. The molecule has 0 aliphatic rings. The van der Waals surface area contributed by atoms with E-state index in [-0.39, 0.29) is 12.3 Å². The van der Waals surface area contributed by atoms with Gasteiger partial charge in [0.15, 0.2) is 15.8 Å². The minimum Gasteiger partial charge on any atom is -0.497 e. The molecule has 0 radical (unpaired) electrons. The number of nitrogens with zero attached hydrogens (tertiary/aromatic N) is 1. The number of benzene rings is 2. The lowest BCUT2D eigenvalue weighted by Crippen LogP contribution is -2.36. The van der Waals surface area contributed by atoms with Gasteiger partial charge in [-0.1, -0.05) is 18.2 Å². The lowest BCUT2D eigenvalue weighted by molar-refractivity contribution is 0.414. The molecule has 27 heavy (non-hydrogen) atoms. The van der Waals surface area contributed by atoms with Gasteiger partial charge in [-0.15, -0.1) is 0 Å². The van der Waals surface area contributed by atoms with Crippen LogP contribution in [0.15, 0.2) is 47.5 Å². The van der Waals surface area contributed by atoms with Crippen molar-refractivity contribution >= 4 is 15.8 Å². The highest BCUT2D eigenvalue weighted by molar-refractivity contribution is 7.89. The van der Waals surface area contributed by atoms with E-state index in [9.17, 15) is 12.8 Å². The van der Waals surface area contributed by atoms with Gasteiger partial charge < -0.3 is 15.4 Å². The van der Waals surface area contributed by atoms with E-state index in [1.165, 1.54) is 18.2 Å². The fourth-order valence-electron chi connectivity index (χ4n) is 2.51. The van der Waals surface area contributed by atoms with Crippen molar-refractivity contribution in [1.82, 2.24) is 10.6 Å². The molecule has 8 heteroatoms. The molecule has 6 nitrogen and oxygen atoms in total. The zero-order chi connectivity index (χ0) is 19.9. The Bertz CT molecular complexity index is 897. The molecule has 2 N–H and O–H groups in total. The molecule has 0 saturated carbocycles. The molecule has 0 bridgehead atoms. The van der Waals surface area contributed by atoms with Crippen molar-refractivity contribution in [3.8, 4) is 5.75 Å². The number of guanidine groups is 1. The molecule has 0 saturated heterocycles. The molecule has 0 aliphatic carbocycles. The zero-order valence-electron chi connectivity index (χ0n) is 15.6. The van der Waals surface area contributed by atoms with Crippen LogP contribution in [0.2, 0.25) is 0 Å². The van der Waals surface area contributed by atoms with Crippen molar-refractivity contribution < 1.29 is 17.5 Å². The van der Waals surface area contributed by atoms with E-state index in [2.05, 4.69) is 15.6 Å². The average Bonchev–Trinajstić information content (AvgIpc) is 2.63. The number of ether oxygens (including phenoxy) is 1. The summed E-state index contributed by atoms with van der Waals surface area (Å²) in [7, 11) is 0.0308. The van der Waals surface area contributed by atoms with Crippen molar-refractivity contribution in [3.05, 3.63) is 65.0 Å². The van der Waals surface area contributed by atoms with Crippen LogP contribution in [0, 0.1) is 5.82 Å². The third-order valence-corrected chi connectivity index (χ3v) is 4.71. The Kier molecular flexibility index (Phi) is 7.18. The molecule has 146 valence electrons. The summed E-state index contributed by atoms with van der Waals surface area (Å²) in [4.78, 5) is 4.14. The Morgan fingerprint density at radius 3 is 2.33 bits per heavy atom. The highest BCUT2D eigenvalue weighted by Gasteiger charge is 2.11. The van der Waals surface area contributed by atoms with Gasteiger partial charge in [-0.25, -0.2) is 12.8 Å². The Hall–Kier alpha value is -2.61. The van der Waals surface area contributed by atoms with Crippen LogP contribution < -0.4 is 15.4 Å². The Morgan fingerprint density at radius 2 is 1.74 bits per heavy atom. The van der Waals surface area contributed by atoms with E-state index in [1.54, 1.807) is 14.2 Å². The number of nitrogens with one attached hydrogen (secondary N) is 2. The summed E-state index contributed by atoms with van der Waals surface area (Å²) in [5.41, 5.74) is 2.19. The zero-order valence-corrected chi connectivity index (χ0v) is 16.4. The second-order valence-electron chi connectivity index (χ2n) is 6.11. The Balaban J connectivity index is 2.00. The number of sulfone groups is 1. The van der Waals surface area contributed by atoms with Gasteiger partial charge >= 0.3 is 0 Å². The maximum atomic E-state index is 13.6. The fraction of sp³-hybridized carbons (Fsp3) is 0.316. The van der Waals surface area contributed by atoms with Gasteiger partial charge in [-0.2, -0.15) is 0 Å². The lowest BCUT2D eigenvalue weighted by atomic mass is 10.1. The molecule has 0 amide bonds. The molecular weight excluding hydrogens is 369 g/mol. The van der Waals surface area contributed by atoms with Crippen LogP contribution in [0.1, 0.15) is 16.7 Å². The molecule has 0 aliphatic heterocycles. The number of aliphatic imine (C=N–C) groups is 1. The van der Waals surface area contributed by atoms with Crippen LogP contribution in [0.5, 0.6) is 5.75 Å². The highest BCUT2D eigenvalue weighted by atomic mass is 32.2. The summed E-state index contributed by atoms with van der Waals surface area (Å²) in [6, 6.07) is 11.7. The average molecular weight is 393 g/mol. The second kappa shape index (κ2) is 9.36. The summed E-state index contributed by atoms with van der Waals surface area (Å²) < 4.78 is 41.9. The normalized spacial score (nSPS) is 11.9. The first-order chi connectivity index (χ1) is 12.8. The summed E-state index contributed by atoms with van der Waals surface area (Å²) >= 11 is 0. The van der Waals surface area contributed by atoms with Gasteiger partial charge in [-0.3, -0.25) is 4.99 Å². The topological polar surface area (TPSA) is 79.8 Å². The second-order valence-corrected chi connectivity index (χ2v) is 8.25. The van der Waals surface area contributed by atoms with Crippen molar-refractivity contribution in [3.63, 3.8) is 0 Å². The largest absolute Gasteiger partial charge is 0.497 e. The SMILES string of the molecule is CN=C(NCc1ccc(OC)cc1)NCc1cc(F)ccc1CS(C)(=O)=O. The van der Waals surface area contributed by atoms with Crippen molar-refractivity contribution in [2.75, 3.05) is 20.4 Å². The van der Waals surface area contributed by atoms with E-state index in [0.717, 1.165) is 17.6 Å². The van der Waals surface area contributed by atoms with Gasteiger partial charge in [-0.05, 0) is 41.0 Å². The van der Waals surface area contributed by atoms with E-state index in [1.807, 2.05) is 24.3 Å². The maximum Gasteiger partial charge on any atom is 0.191 e. The number of halogens is 1. The molecule has 0 heterocycles.